The predicted molar refractivity (Wildman–Crippen MR) is 46.4 cm³/mol. The Morgan fingerprint density at radius 2 is 2.27 bits per heavy atom. The van der Waals surface area contributed by atoms with Crippen LogP contribution in [-0.4, -0.2) is 29.1 Å². The third-order valence-corrected chi connectivity index (χ3v) is 3.25. The average Bonchev–Trinajstić information content (AvgIpc) is 2.41. The molecule has 1 unspecified atom stereocenters. The lowest BCUT2D eigenvalue weighted by Crippen LogP contribution is -2.46. The zero-order chi connectivity index (χ0) is 8.06. The summed E-state index contributed by atoms with van der Waals surface area (Å²) in [6, 6.07) is 1.49. The molecule has 11 heavy (non-hydrogen) atoms. The van der Waals surface area contributed by atoms with Crippen molar-refractivity contribution in [3.8, 4) is 0 Å². The van der Waals surface area contributed by atoms with E-state index in [0.717, 1.165) is 12.6 Å². The molecule has 0 spiro atoms. The molecule has 2 fully saturated rings. The molecule has 2 rings (SSSR count). The van der Waals surface area contributed by atoms with Gasteiger partial charge in [-0.3, -0.25) is 4.90 Å². The number of hydrogen-bond donors (Lipinski definition) is 1. The highest BCUT2D eigenvalue weighted by molar-refractivity contribution is 5.06. The van der Waals surface area contributed by atoms with Crippen LogP contribution in [0, 0.1) is 0 Å². The topological polar surface area (TPSA) is 29.3 Å². The summed E-state index contributed by atoms with van der Waals surface area (Å²) in [5.74, 6) is 0. The first-order valence-electron chi connectivity index (χ1n) is 4.65. The van der Waals surface area contributed by atoms with Gasteiger partial charge in [0.2, 0.25) is 0 Å². The Labute approximate surface area is 68.7 Å². The smallest absolute Gasteiger partial charge is 0.0299 e. The van der Waals surface area contributed by atoms with Gasteiger partial charge in [0, 0.05) is 24.2 Å². The lowest BCUT2D eigenvalue weighted by Gasteiger charge is -2.33. The molecule has 1 heterocycles. The van der Waals surface area contributed by atoms with Crippen LogP contribution in [0.25, 0.3) is 0 Å². The molecule has 2 atom stereocenters. The number of hydrogen-bond acceptors (Lipinski definition) is 2. The summed E-state index contributed by atoms with van der Waals surface area (Å²) in [5, 5.41) is 0. The molecule has 0 aromatic rings. The number of likely N-dealkylation sites (tertiary alicyclic amines) is 1. The first-order valence-corrected chi connectivity index (χ1v) is 4.65. The molecule has 0 aromatic heterocycles. The van der Waals surface area contributed by atoms with E-state index in [-0.39, 0.29) is 5.54 Å². The van der Waals surface area contributed by atoms with E-state index in [1.807, 2.05) is 0 Å². The molecule has 2 heteroatoms. The van der Waals surface area contributed by atoms with E-state index in [9.17, 15) is 0 Å². The summed E-state index contributed by atoms with van der Waals surface area (Å²) in [6.45, 7) is 5.67. The number of rotatable bonds is 1. The molecule has 1 saturated carbocycles. The van der Waals surface area contributed by atoms with Crippen LogP contribution in [-0.2, 0) is 0 Å². The maximum absolute atomic E-state index is 6.19. The first kappa shape index (κ1) is 7.56. The van der Waals surface area contributed by atoms with E-state index < -0.39 is 0 Å². The lowest BCUT2D eigenvalue weighted by molar-refractivity contribution is 0.162. The number of nitrogens with zero attached hydrogens (tertiary/aromatic N) is 1. The van der Waals surface area contributed by atoms with E-state index in [4.69, 9.17) is 5.73 Å². The molecule has 64 valence electrons. The van der Waals surface area contributed by atoms with Crippen molar-refractivity contribution in [2.45, 2.75) is 50.7 Å². The molecule has 2 nitrogen and oxygen atoms in total. The summed E-state index contributed by atoms with van der Waals surface area (Å²) in [7, 11) is 0. The molecule has 2 N–H and O–H groups in total. The van der Waals surface area contributed by atoms with E-state index in [0.29, 0.717) is 6.04 Å². The van der Waals surface area contributed by atoms with Gasteiger partial charge in [-0.2, -0.15) is 0 Å². The van der Waals surface area contributed by atoms with Crippen LogP contribution in [0.4, 0.5) is 0 Å². The second kappa shape index (κ2) is 2.20. The van der Waals surface area contributed by atoms with Gasteiger partial charge in [-0.05, 0) is 33.1 Å². The number of nitrogens with two attached hydrogens (primary N) is 1. The minimum absolute atomic E-state index is 0.189. The van der Waals surface area contributed by atoms with Crippen molar-refractivity contribution in [2.24, 2.45) is 5.73 Å². The Kier molecular flexibility index (Phi) is 1.52. The summed E-state index contributed by atoms with van der Waals surface area (Å²) >= 11 is 0. The van der Waals surface area contributed by atoms with Gasteiger partial charge in [0.05, 0.1) is 0 Å². The van der Waals surface area contributed by atoms with Gasteiger partial charge in [-0.15, -0.1) is 0 Å². The quantitative estimate of drug-likeness (QED) is 0.609. The van der Waals surface area contributed by atoms with E-state index in [1.54, 1.807) is 0 Å². The van der Waals surface area contributed by atoms with Crippen molar-refractivity contribution >= 4 is 0 Å². The first-order chi connectivity index (χ1) is 5.11. The summed E-state index contributed by atoms with van der Waals surface area (Å²) in [4.78, 5) is 2.56. The maximum Gasteiger partial charge on any atom is 0.0299 e. The van der Waals surface area contributed by atoms with Crippen LogP contribution >= 0.6 is 0 Å². The fourth-order valence-electron chi connectivity index (χ4n) is 2.65. The normalized spacial score (nSPS) is 44.2. The van der Waals surface area contributed by atoms with Crippen molar-refractivity contribution in [2.75, 3.05) is 6.54 Å². The molecule has 0 amide bonds. The van der Waals surface area contributed by atoms with Crippen molar-refractivity contribution < 1.29 is 0 Å². The van der Waals surface area contributed by atoms with E-state index >= 15 is 0 Å². The van der Waals surface area contributed by atoms with E-state index in [1.165, 1.54) is 19.3 Å². The minimum atomic E-state index is 0.189. The van der Waals surface area contributed by atoms with Crippen molar-refractivity contribution in [3.05, 3.63) is 0 Å². The van der Waals surface area contributed by atoms with Gasteiger partial charge < -0.3 is 5.73 Å². The Morgan fingerprint density at radius 1 is 1.55 bits per heavy atom. The van der Waals surface area contributed by atoms with Crippen LogP contribution in [0.1, 0.15) is 33.1 Å². The molecule has 2 bridgehead atoms. The highest BCUT2D eigenvalue weighted by Crippen LogP contribution is 2.39. The van der Waals surface area contributed by atoms with Crippen molar-refractivity contribution in [3.63, 3.8) is 0 Å². The Hall–Kier alpha value is -0.0800. The maximum atomic E-state index is 6.19. The van der Waals surface area contributed by atoms with Gasteiger partial charge in [-0.1, -0.05) is 0 Å². The molecule has 0 radical (unpaired) electrons. The largest absolute Gasteiger partial charge is 0.324 e. The minimum Gasteiger partial charge on any atom is -0.324 e. The highest BCUT2D eigenvalue weighted by atomic mass is 15.2. The van der Waals surface area contributed by atoms with Crippen LogP contribution in [0.2, 0.25) is 0 Å². The predicted octanol–water partition coefficient (Wildman–Crippen LogP) is 0.960. The van der Waals surface area contributed by atoms with Crippen LogP contribution in [0.3, 0.4) is 0 Å². The zero-order valence-electron chi connectivity index (χ0n) is 7.51. The van der Waals surface area contributed by atoms with Crippen molar-refractivity contribution in [1.82, 2.24) is 4.90 Å². The lowest BCUT2D eigenvalue weighted by atomic mass is 10.0. The van der Waals surface area contributed by atoms with Crippen molar-refractivity contribution in [1.29, 1.82) is 0 Å². The molecule has 2 aliphatic rings. The van der Waals surface area contributed by atoms with E-state index in [2.05, 4.69) is 18.7 Å². The van der Waals surface area contributed by atoms with Gasteiger partial charge in [0.1, 0.15) is 0 Å². The second-order valence-electron chi connectivity index (χ2n) is 4.53. The Bertz CT molecular complexity index is 167. The standard InChI is InChI=1S/C9H18N2/c1-7(2)11-6-9(10)4-3-8(11)5-9/h7-8H,3-6,10H2,1-2H3/t8-,9?/m1/s1. The van der Waals surface area contributed by atoms with Crippen LogP contribution in [0.5, 0.6) is 0 Å². The summed E-state index contributed by atoms with van der Waals surface area (Å²) in [5.41, 5.74) is 6.38. The molecule has 1 aliphatic heterocycles. The third kappa shape index (κ3) is 1.09. The van der Waals surface area contributed by atoms with Gasteiger partial charge in [0.15, 0.2) is 0 Å². The molecular formula is C9H18N2. The second-order valence-corrected chi connectivity index (χ2v) is 4.53. The highest BCUT2D eigenvalue weighted by Gasteiger charge is 2.47. The zero-order valence-corrected chi connectivity index (χ0v) is 7.51. The average molecular weight is 154 g/mol. The number of fused-ring (bicyclic) bond motifs is 2. The molecular weight excluding hydrogens is 136 g/mol. The van der Waals surface area contributed by atoms with Gasteiger partial charge >= 0.3 is 0 Å². The van der Waals surface area contributed by atoms with Crippen LogP contribution < -0.4 is 5.73 Å². The summed E-state index contributed by atoms with van der Waals surface area (Å²) in [6.07, 6.45) is 3.82. The summed E-state index contributed by atoms with van der Waals surface area (Å²) < 4.78 is 0. The molecule has 1 saturated heterocycles. The van der Waals surface area contributed by atoms with Gasteiger partial charge in [-0.25, -0.2) is 0 Å². The molecule has 1 aliphatic carbocycles. The number of piperidine rings is 1. The third-order valence-electron chi connectivity index (χ3n) is 3.25. The Balaban J connectivity index is 2.10. The van der Waals surface area contributed by atoms with Gasteiger partial charge in [0.25, 0.3) is 0 Å². The Morgan fingerprint density at radius 3 is 2.55 bits per heavy atom. The fourth-order valence-corrected chi connectivity index (χ4v) is 2.65. The molecule has 0 aromatic carbocycles. The fraction of sp³-hybridized carbons (Fsp3) is 1.00. The van der Waals surface area contributed by atoms with Crippen LogP contribution in [0.15, 0.2) is 0 Å². The monoisotopic (exact) mass is 154 g/mol. The SMILES string of the molecule is CC(C)N1CC2(N)CC[C@@H]1C2.